The molecule has 0 aromatic rings. The van der Waals surface area contributed by atoms with Crippen molar-refractivity contribution in [2.75, 3.05) is 26.2 Å². The van der Waals surface area contributed by atoms with Crippen molar-refractivity contribution in [3.63, 3.8) is 0 Å². The molecule has 2 atom stereocenters. The fourth-order valence-electron chi connectivity index (χ4n) is 2.58. The Balaban J connectivity index is 2.16. The van der Waals surface area contributed by atoms with Crippen LogP contribution in [0.4, 0.5) is 0 Å². The zero-order valence-corrected chi connectivity index (χ0v) is 11.7. The van der Waals surface area contributed by atoms with Gasteiger partial charge in [-0.2, -0.15) is 17.0 Å². The van der Waals surface area contributed by atoms with Crippen molar-refractivity contribution < 1.29 is 13.2 Å². The first kappa shape index (κ1) is 13.8. The number of piperidine rings is 1. The molecule has 7 heteroatoms. The van der Waals surface area contributed by atoms with E-state index in [9.17, 15) is 13.2 Å². The Morgan fingerprint density at radius 1 is 1.28 bits per heavy atom. The minimum Gasteiger partial charge on any atom is -0.353 e. The van der Waals surface area contributed by atoms with Gasteiger partial charge in [-0.1, -0.05) is 6.92 Å². The Morgan fingerprint density at radius 2 is 2.00 bits per heavy atom. The van der Waals surface area contributed by atoms with Gasteiger partial charge in [0.25, 0.3) is 10.2 Å². The summed E-state index contributed by atoms with van der Waals surface area (Å²) < 4.78 is 27.9. The maximum Gasteiger partial charge on any atom is 0.282 e. The molecule has 2 fully saturated rings. The third kappa shape index (κ3) is 2.53. The molecule has 2 saturated heterocycles. The van der Waals surface area contributed by atoms with Crippen molar-refractivity contribution in [3.05, 3.63) is 0 Å². The maximum absolute atomic E-state index is 12.5. The Hall–Kier alpha value is -0.660. The number of hydrogen-bond donors (Lipinski definition) is 1. The molecule has 0 aliphatic carbocycles. The van der Waals surface area contributed by atoms with Crippen molar-refractivity contribution in [2.45, 2.75) is 32.7 Å². The molecule has 0 saturated carbocycles. The van der Waals surface area contributed by atoms with Crippen LogP contribution in [0.2, 0.25) is 0 Å². The first-order chi connectivity index (χ1) is 8.43. The van der Waals surface area contributed by atoms with Crippen molar-refractivity contribution in [1.29, 1.82) is 0 Å². The van der Waals surface area contributed by atoms with Gasteiger partial charge in [0, 0.05) is 26.2 Å². The van der Waals surface area contributed by atoms with Crippen molar-refractivity contribution in [1.82, 2.24) is 13.9 Å². The lowest BCUT2D eigenvalue weighted by Gasteiger charge is -2.38. The van der Waals surface area contributed by atoms with Crippen LogP contribution < -0.4 is 5.32 Å². The van der Waals surface area contributed by atoms with Gasteiger partial charge in [0.05, 0.1) is 0 Å². The summed E-state index contributed by atoms with van der Waals surface area (Å²) in [6, 6.07) is -0.610. The molecule has 0 aromatic carbocycles. The summed E-state index contributed by atoms with van der Waals surface area (Å²) >= 11 is 0. The Morgan fingerprint density at radius 3 is 2.67 bits per heavy atom. The van der Waals surface area contributed by atoms with E-state index in [1.165, 1.54) is 8.61 Å². The largest absolute Gasteiger partial charge is 0.353 e. The summed E-state index contributed by atoms with van der Waals surface area (Å²) in [5.41, 5.74) is 0. The summed E-state index contributed by atoms with van der Waals surface area (Å²) in [5, 5.41) is 2.68. The Kier molecular flexibility index (Phi) is 3.93. The van der Waals surface area contributed by atoms with Gasteiger partial charge in [-0.3, -0.25) is 4.79 Å². The highest BCUT2D eigenvalue weighted by Crippen LogP contribution is 2.22. The van der Waals surface area contributed by atoms with Gasteiger partial charge >= 0.3 is 0 Å². The van der Waals surface area contributed by atoms with Gasteiger partial charge in [0.2, 0.25) is 5.91 Å². The van der Waals surface area contributed by atoms with Crippen LogP contribution in [-0.4, -0.2) is 55.2 Å². The molecule has 2 aliphatic rings. The lowest BCUT2D eigenvalue weighted by Crippen LogP contribution is -2.59. The van der Waals surface area contributed by atoms with E-state index in [-0.39, 0.29) is 5.91 Å². The summed E-state index contributed by atoms with van der Waals surface area (Å²) in [4.78, 5) is 11.6. The molecule has 2 aliphatic heterocycles. The average Bonchev–Trinajstić information content (AvgIpc) is 2.32. The Bertz CT molecular complexity index is 423. The molecular weight excluding hydrogens is 254 g/mol. The van der Waals surface area contributed by atoms with Crippen LogP contribution in [0.5, 0.6) is 0 Å². The smallest absolute Gasteiger partial charge is 0.282 e. The number of nitrogens with one attached hydrogen (secondary N) is 1. The highest BCUT2D eigenvalue weighted by molar-refractivity contribution is 7.86. The molecule has 104 valence electrons. The van der Waals surface area contributed by atoms with Crippen LogP contribution in [0, 0.1) is 5.92 Å². The molecule has 1 amide bonds. The van der Waals surface area contributed by atoms with Crippen LogP contribution >= 0.6 is 0 Å². The van der Waals surface area contributed by atoms with E-state index >= 15 is 0 Å². The maximum atomic E-state index is 12.5. The highest BCUT2D eigenvalue weighted by Gasteiger charge is 2.39. The molecule has 1 N–H and O–H groups in total. The number of hydrogen-bond acceptors (Lipinski definition) is 3. The van der Waals surface area contributed by atoms with E-state index in [1.807, 2.05) is 0 Å². The third-order valence-corrected chi connectivity index (χ3v) is 5.76. The second kappa shape index (κ2) is 5.14. The molecule has 2 unspecified atom stereocenters. The lowest BCUT2D eigenvalue weighted by molar-refractivity contribution is -0.126. The fourth-order valence-corrected chi connectivity index (χ4v) is 4.50. The lowest BCUT2D eigenvalue weighted by atomic mass is 10.0. The number of rotatable bonds is 2. The number of carbonyl (C=O) groups is 1. The third-order valence-electron chi connectivity index (χ3n) is 3.69. The molecule has 2 heterocycles. The fraction of sp³-hybridized carbons (Fsp3) is 0.909. The minimum absolute atomic E-state index is 0.213. The van der Waals surface area contributed by atoms with Crippen molar-refractivity contribution in [2.24, 2.45) is 5.92 Å². The second-order valence-electron chi connectivity index (χ2n) is 5.19. The molecule has 0 radical (unpaired) electrons. The quantitative estimate of drug-likeness (QED) is 0.757. The molecule has 0 bridgehead atoms. The SMILES string of the molecule is CC1CCCN(S(=O)(=O)N2CCNC(=O)C2C)C1. The zero-order chi connectivity index (χ0) is 13.3. The first-order valence-corrected chi connectivity index (χ1v) is 7.87. The Labute approximate surface area is 109 Å². The van der Waals surface area contributed by atoms with E-state index in [2.05, 4.69) is 12.2 Å². The molecule has 0 spiro atoms. The van der Waals surface area contributed by atoms with Crippen LogP contribution in [0.15, 0.2) is 0 Å². The molecule has 0 aromatic heterocycles. The first-order valence-electron chi connectivity index (χ1n) is 6.47. The predicted molar refractivity (Wildman–Crippen MR) is 68.1 cm³/mol. The number of amides is 1. The van der Waals surface area contributed by atoms with Crippen LogP contribution in [-0.2, 0) is 15.0 Å². The average molecular weight is 275 g/mol. The van der Waals surface area contributed by atoms with E-state index in [1.54, 1.807) is 6.92 Å². The highest BCUT2D eigenvalue weighted by atomic mass is 32.2. The van der Waals surface area contributed by atoms with Crippen LogP contribution in [0.25, 0.3) is 0 Å². The summed E-state index contributed by atoms with van der Waals surface area (Å²) in [6.07, 6.45) is 1.97. The number of piperazine rings is 1. The number of nitrogens with zero attached hydrogens (tertiary/aromatic N) is 2. The van der Waals surface area contributed by atoms with Crippen LogP contribution in [0.3, 0.4) is 0 Å². The van der Waals surface area contributed by atoms with Crippen LogP contribution in [0.1, 0.15) is 26.7 Å². The van der Waals surface area contributed by atoms with Crippen molar-refractivity contribution >= 4 is 16.1 Å². The van der Waals surface area contributed by atoms with Gasteiger partial charge in [-0.05, 0) is 25.7 Å². The second-order valence-corrected chi connectivity index (χ2v) is 7.07. The standard InChI is InChI=1S/C11H21N3O3S/c1-9-4-3-6-13(8-9)18(16,17)14-7-5-12-11(15)10(14)2/h9-10H,3-8H2,1-2H3,(H,12,15). The molecule has 18 heavy (non-hydrogen) atoms. The zero-order valence-electron chi connectivity index (χ0n) is 10.9. The van der Waals surface area contributed by atoms with E-state index in [0.29, 0.717) is 32.1 Å². The van der Waals surface area contributed by atoms with Gasteiger partial charge < -0.3 is 5.32 Å². The van der Waals surface area contributed by atoms with E-state index in [4.69, 9.17) is 0 Å². The summed E-state index contributed by atoms with van der Waals surface area (Å²) in [6.45, 7) is 5.59. The number of carbonyl (C=O) groups excluding carboxylic acids is 1. The normalized spacial score (nSPS) is 32.2. The molecule has 2 rings (SSSR count). The van der Waals surface area contributed by atoms with Gasteiger partial charge in [-0.25, -0.2) is 0 Å². The van der Waals surface area contributed by atoms with Crippen molar-refractivity contribution in [3.8, 4) is 0 Å². The monoisotopic (exact) mass is 275 g/mol. The summed E-state index contributed by atoms with van der Waals surface area (Å²) in [5.74, 6) is 0.178. The van der Waals surface area contributed by atoms with Gasteiger partial charge in [0.1, 0.15) is 6.04 Å². The molecule has 6 nitrogen and oxygen atoms in total. The molecular formula is C11H21N3O3S. The van der Waals surface area contributed by atoms with E-state index < -0.39 is 16.3 Å². The predicted octanol–water partition coefficient (Wildman–Crippen LogP) is -0.217. The topological polar surface area (TPSA) is 69.7 Å². The minimum atomic E-state index is -3.49. The van der Waals surface area contributed by atoms with Gasteiger partial charge in [0.15, 0.2) is 0 Å². The summed E-state index contributed by atoms with van der Waals surface area (Å²) in [7, 11) is -3.49. The van der Waals surface area contributed by atoms with Gasteiger partial charge in [-0.15, -0.1) is 0 Å². The van der Waals surface area contributed by atoms with E-state index in [0.717, 1.165) is 12.8 Å².